The molecule has 0 fully saturated rings. The number of carbonyl (C=O) groups excluding carboxylic acids is 1. The lowest BCUT2D eigenvalue weighted by atomic mass is 9.98. The lowest BCUT2D eigenvalue weighted by Crippen LogP contribution is -2.38. The number of hydrogen-bond donors (Lipinski definition) is 1. The number of rotatable bonds is 7. The molecule has 0 unspecified atom stereocenters. The molecule has 2 aromatic rings. The first kappa shape index (κ1) is 22.5. The van der Waals surface area contributed by atoms with E-state index in [-0.39, 0.29) is 17.8 Å². The molecule has 0 radical (unpaired) electrons. The minimum absolute atomic E-state index is 0.144. The molecule has 4 nitrogen and oxygen atoms in total. The summed E-state index contributed by atoms with van der Waals surface area (Å²) in [5.41, 5.74) is 0.415. The lowest BCUT2D eigenvalue weighted by Gasteiger charge is -2.24. The zero-order valence-corrected chi connectivity index (χ0v) is 16.7. The van der Waals surface area contributed by atoms with Gasteiger partial charge < -0.3 is 9.84 Å². The Morgan fingerprint density at radius 2 is 1.52 bits per heavy atom. The van der Waals surface area contributed by atoms with Gasteiger partial charge in [-0.15, -0.1) is 0 Å². The van der Waals surface area contributed by atoms with Gasteiger partial charge in [0, 0.05) is 12.0 Å². The molecular weight excluding hydrogens is 385 g/mol. The number of alkyl halides is 3. The molecule has 2 rings (SSSR count). The quantitative estimate of drug-likeness (QED) is 0.625. The molecule has 0 aromatic heterocycles. The molecule has 0 aliphatic rings. The number of aliphatic carboxylic acids is 1. The number of carbonyl (C=O) groups is 2. The predicted molar refractivity (Wildman–Crippen MR) is 102 cm³/mol. The van der Waals surface area contributed by atoms with Crippen LogP contribution >= 0.6 is 0 Å². The van der Waals surface area contributed by atoms with Gasteiger partial charge in [0.2, 0.25) is 0 Å². The highest BCUT2D eigenvalue weighted by atomic mass is 19.4. The van der Waals surface area contributed by atoms with Crippen LogP contribution in [0.1, 0.15) is 52.9 Å². The number of Topliss-reactive ketones (excluding diaryl/α,β-unsaturated/α-hetero) is 1. The van der Waals surface area contributed by atoms with Crippen molar-refractivity contribution in [1.82, 2.24) is 0 Å². The van der Waals surface area contributed by atoms with Crippen LogP contribution in [-0.4, -0.2) is 22.5 Å². The molecule has 0 aliphatic carbocycles. The van der Waals surface area contributed by atoms with Gasteiger partial charge in [0.25, 0.3) is 0 Å². The number of ketones is 1. The Morgan fingerprint density at radius 3 is 1.97 bits per heavy atom. The maximum absolute atomic E-state index is 12.6. The average Bonchev–Trinajstić information content (AvgIpc) is 2.62. The first-order valence-electron chi connectivity index (χ1n) is 9.04. The third-order valence-corrected chi connectivity index (χ3v) is 4.57. The third-order valence-electron chi connectivity index (χ3n) is 4.57. The summed E-state index contributed by atoms with van der Waals surface area (Å²) in [6.45, 7) is 6.51. The molecule has 0 saturated carbocycles. The fourth-order valence-electron chi connectivity index (χ4n) is 2.89. The number of halogens is 3. The van der Waals surface area contributed by atoms with Gasteiger partial charge in [0.05, 0.1) is 5.56 Å². The SMILES string of the molecule is Cc1cc(CCC(=O)c2ccc(C(F)(F)F)cc2)cc(C)c1OC(C)(C)C(=O)O. The maximum Gasteiger partial charge on any atom is 0.416 e. The predicted octanol–water partition coefficient (Wildman–Crippen LogP) is 5.38. The first-order valence-corrected chi connectivity index (χ1v) is 9.04. The van der Waals surface area contributed by atoms with E-state index in [1.165, 1.54) is 26.0 Å². The summed E-state index contributed by atoms with van der Waals surface area (Å²) in [6, 6.07) is 7.81. The fraction of sp³-hybridized carbons (Fsp3) is 0.364. The lowest BCUT2D eigenvalue weighted by molar-refractivity contribution is -0.152. The Labute approximate surface area is 167 Å². The highest BCUT2D eigenvalue weighted by molar-refractivity contribution is 5.96. The molecule has 1 N–H and O–H groups in total. The van der Waals surface area contributed by atoms with Gasteiger partial charge in [0.1, 0.15) is 5.75 Å². The van der Waals surface area contributed by atoms with Crippen LogP contribution < -0.4 is 4.74 Å². The van der Waals surface area contributed by atoms with Crippen LogP contribution in [0.4, 0.5) is 13.2 Å². The summed E-state index contributed by atoms with van der Waals surface area (Å²) in [5.74, 6) is -0.848. The highest BCUT2D eigenvalue weighted by Crippen LogP contribution is 2.30. The van der Waals surface area contributed by atoms with Gasteiger partial charge >= 0.3 is 12.1 Å². The van der Waals surface area contributed by atoms with Crippen molar-refractivity contribution in [3.63, 3.8) is 0 Å². The number of aryl methyl sites for hydroxylation is 3. The second kappa shape index (κ2) is 8.27. The number of carboxylic acid groups (broad SMARTS) is 1. The Balaban J connectivity index is 2.09. The summed E-state index contributed by atoms with van der Waals surface area (Å²) in [4.78, 5) is 23.6. The summed E-state index contributed by atoms with van der Waals surface area (Å²) < 4.78 is 43.5. The molecule has 2 aromatic carbocycles. The standard InChI is InChI=1S/C22H23F3O4/c1-13-11-15(12-14(2)19(13)29-21(3,4)20(27)28)5-10-18(26)16-6-8-17(9-7-16)22(23,24)25/h6-9,11-12H,5,10H2,1-4H3,(H,27,28). The van der Waals surface area contributed by atoms with Crippen molar-refractivity contribution in [3.05, 3.63) is 64.2 Å². The van der Waals surface area contributed by atoms with Crippen molar-refractivity contribution >= 4 is 11.8 Å². The molecule has 0 aliphatic heterocycles. The molecule has 0 heterocycles. The maximum atomic E-state index is 12.6. The summed E-state index contributed by atoms with van der Waals surface area (Å²) >= 11 is 0. The Bertz CT molecular complexity index is 890. The van der Waals surface area contributed by atoms with E-state index in [4.69, 9.17) is 4.74 Å². The van der Waals surface area contributed by atoms with Gasteiger partial charge in [-0.3, -0.25) is 4.79 Å². The van der Waals surface area contributed by atoms with E-state index in [0.717, 1.165) is 28.8 Å². The number of ether oxygens (including phenoxy) is 1. The Morgan fingerprint density at radius 1 is 1.00 bits per heavy atom. The normalized spacial score (nSPS) is 12.0. The molecule has 7 heteroatoms. The topological polar surface area (TPSA) is 63.6 Å². The van der Waals surface area contributed by atoms with Crippen molar-refractivity contribution in [1.29, 1.82) is 0 Å². The van der Waals surface area contributed by atoms with Gasteiger partial charge in [-0.1, -0.05) is 24.3 Å². The second-order valence-electron chi connectivity index (χ2n) is 7.47. The van der Waals surface area contributed by atoms with Gasteiger partial charge in [-0.25, -0.2) is 4.79 Å². The summed E-state index contributed by atoms with van der Waals surface area (Å²) in [6.07, 6.45) is -3.88. The number of hydrogen-bond acceptors (Lipinski definition) is 3. The number of carboxylic acids is 1. The van der Waals surface area contributed by atoms with Gasteiger partial charge in [0.15, 0.2) is 11.4 Å². The molecule has 0 amide bonds. The molecule has 29 heavy (non-hydrogen) atoms. The summed E-state index contributed by atoms with van der Waals surface area (Å²) in [7, 11) is 0. The van der Waals surface area contributed by atoms with Crippen LogP contribution in [0.5, 0.6) is 5.75 Å². The van der Waals surface area contributed by atoms with E-state index >= 15 is 0 Å². The van der Waals surface area contributed by atoms with E-state index in [1.54, 1.807) is 13.8 Å². The molecule has 0 spiro atoms. The van der Waals surface area contributed by atoms with Crippen molar-refractivity contribution < 1.29 is 32.6 Å². The number of benzene rings is 2. The van der Waals surface area contributed by atoms with Crippen molar-refractivity contribution in [2.24, 2.45) is 0 Å². The second-order valence-corrected chi connectivity index (χ2v) is 7.47. The molecule has 0 bridgehead atoms. The van der Waals surface area contributed by atoms with Crippen LogP contribution in [0, 0.1) is 13.8 Å². The van der Waals surface area contributed by atoms with Crippen molar-refractivity contribution in [3.8, 4) is 5.75 Å². The zero-order chi connectivity index (χ0) is 22.0. The van der Waals surface area contributed by atoms with Crippen LogP contribution in [0.25, 0.3) is 0 Å². The minimum Gasteiger partial charge on any atom is -0.478 e. The van der Waals surface area contributed by atoms with Crippen LogP contribution in [0.15, 0.2) is 36.4 Å². The minimum atomic E-state index is -4.43. The van der Waals surface area contributed by atoms with Crippen molar-refractivity contribution in [2.45, 2.75) is 52.3 Å². The van der Waals surface area contributed by atoms with Crippen LogP contribution in [-0.2, 0) is 17.4 Å². The van der Waals surface area contributed by atoms with E-state index in [9.17, 15) is 27.9 Å². The average molecular weight is 408 g/mol. The highest BCUT2D eigenvalue weighted by Gasteiger charge is 2.31. The van der Waals surface area contributed by atoms with Crippen molar-refractivity contribution in [2.75, 3.05) is 0 Å². The largest absolute Gasteiger partial charge is 0.478 e. The monoisotopic (exact) mass is 408 g/mol. The molecular formula is C22H23F3O4. The van der Waals surface area contributed by atoms with E-state index in [0.29, 0.717) is 12.2 Å². The van der Waals surface area contributed by atoms with E-state index in [2.05, 4.69) is 0 Å². The van der Waals surface area contributed by atoms with Crippen LogP contribution in [0.3, 0.4) is 0 Å². The zero-order valence-electron chi connectivity index (χ0n) is 16.7. The fourth-order valence-corrected chi connectivity index (χ4v) is 2.89. The van der Waals surface area contributed by atoms with E-state index < -0.39 is 23.3 Å². The Hall–Kier alpha value is -2.83. The Kier molecular flexibility index (Phi) is 6.40. The molecule has 0 atom stereocenters. The van der Waals surface area contributed by atoms with Gasteiger partial charge in [-0.05, 0) is 62.9 Å². The molecule has 156 valence electrons. The van der Waals surface area contributed by atoms with Crippen LogP contribution in [0.2, 0.25) is 0 Å². The van der Waals surface area contributed by atoms with E-state index in [1.807, 2.05) is 12.1 Å². The summed E-state index contributed by atoms with van der Waals surface area (Å²) in [5, 5.41) is 9.23. The smallest absolute Gasteiger partial charge is 0.416 e. The molecule has 0 saturated heterocycles. The van der Waals surface area contributed by atoms with Gasteiger partial charge in [-0.2, -0.15) is 13.2 Å². The first-order chi connectivity index (χ1) is 13.3. The third kappa shape index (κ3) is 5.59.